The van der Waals surface area contributed by atoms with Crippen molar-refractivity contribution in [3.8, 4) is 23.0 Å². The number of methoxy groups -OCH3 is 2. The fraction of sp³-hybridized carbons (Fsp3) is 0.438. The smallest absolute Gasteiger partial charge is 0.336 e. The molecule has 1 aliphatic rings. The van der Waals surface area contributed by atoms with Crippen LogP contribution in [-0.2, 0) is 0 Å². The summed E-state index contributed by atoms with van der Waals surface area (Å²) in [6, 6.07) is 2.85. The molecule has 0 radical (unpaired) electrons. The van der Waals surface area contributed by atoms with E-state index in [0.717, 1.165) is 0 Å². The summed E-state index contributed by atoms with van der Waals surface area (Å²) in [4.78, 5) is 11.6. The van der Waals surface area contributed by atoms with E-state index in [1.54, 1.807) is 19.9 Å². The average Bonchev–Trinajstić information content (AvgIpc) is 2.52. The SMILES string of the molecule is COc1c2c(c3oc(=O)ccc3c1OC)OC(C(C)(C)O)CO2. The van der Waals surface area contributed by atoms with Crippen LogP contribution in [-0.4, -0.2) is 37.6 Å². The number of aliphatic hydroxyl groups is 1. The van der Waals surface area contributed by atoms with Crippen molar-refractivity contribution in [2.45, 2.75) is 25.6 Å². The van der Waals surface area contributed by atoms with Crippen molar-refractivity contribution >= 4 is 11.0 Å². The first-order valence-electron chi connectivity index (χ1n) is 7.10. The molecule has 0 aliphatic carbocycles. The van der Waals surface area contributed by atoms with Gasteiger partial charge in [-0.2, -0.15) is 0 Å². The highest BCUT2D eigenvalue weighted by Gasteiger charge is 2.38. The summed E-state index contributed by atoms with van der Waals surface area (Å²) in [5.74, 6) is 1.23. The van der Waals surface area contributed by atoms with Gasteiger partial charge in [0, 0.05) is 6.07 Å². The average molecular weight is 322 g/mol. The van der Waals surface area contributed by atoms with Crippen molar-refractivity contribution in [2.24, 2.45) is 0 Å². The first-order valence-corrected chi connectivity index (χ1v) is 7.10. The number of hydrogen-bond acceptors (Lipinski definition) is 7. The number of ether oxygens (including phenoxy) is 4. The molecule has 0 saturated heterocycles. The third kappa shape index (κ3) is 2.46. The van der Waals surface area contributed by atoms with Crippen molar-refractivity contribution in [1.82, 2.24) is 0 Å². The summed E-state index contributed by atoms with van der Waals surface area (Å²) in [5.41, 5.74) is -1.47. The summed E-state index contributed by atoms with van der Waals surface area (Å²) in [6.45, 7) is 3.36. The van der Waals surface area contributed by atoms with Gasteiger partial charge in [-0.1, -0.05) is 0 Å². The molecule has 0 saturated carbocycles. The lowest BCUT2D eigenvalue weighted by Crippen LogP contribution is -2.46. The van der Waals surface area contributed by atoms with Gasteiger partial charge in [-0.05, 0) is 19.9 Å². The van der Waals surface area contributed by atoms with Crippen LogP contribution in [0, 0.1) is 0 Å². The Balaban J connectivity index is 2.31. The van der Waals surface area contributed by atoms with Crippen LogP contribution in [0.15, 0.2) is 21.3 Å². The minimum absolute atomic E-state index is 0.124. The van der Waals surface area contributed by atoms with Gasteiger partial charge in [0.1, 0.15) is 6.61 Å². The molecule has 0 amide bonds. The van der Waals surface area contributed by atoms with E-state index in [1.807, 2.05) is 0 Å². The second-order valence-electron chi connectivity index (χ2n) is 5.79. The van der Waals surface area contributed by atoms with E-state index in [9.17, 15) is 9.90 Å². The molecule has 7 heteroatoms. The van der Waals surface area contributed by atoms with Crippen LogP contribution in [0.5, 0.6) is 23.0 Å². The Bertz CT molecular complexity index is 801. The van der Waals surface area contributed by atoms with Crippen molar-refractivity contribution < 1.29 is 28.5 Å². The van der Waals surface area contributed by atoms with Gasteiger partial charge in [0.25, 0.3) is 0 Å². The third-order valence-corrected chi connectivity index (χ3v) is 3.74. The molecular weight excluding hydrogens is 304 g/mol. The Hall–Kier alpha value is -2.41. The van der Waals surface area contributed by atoms with E-state index in [-0.39, 0.29) is 23.7 Å². The topological polar surface area (TPSA) is 87.4 Å². The molecule has 2 heterocycles. The number of rotatable bonds is 3. The molecule has 1 aromatic heterocycles. The second kappa shape index (κ2) is 5.34. The molecule has 124 valence electrons. The van der Waals surface area contributed by atoms with E-state index in [2.05, 4.69) is 0 Å². The molecule has 7 nitrogen and oxygen atoms in total. The first-order chi connectivity index (χ1) is 10.9. The lowest BCUT2D eigenvalue weighted by Gasteiger charge is -2.34. The molecule has 2 aromatic rings. The molecule has 1 atom stereocenters. The van der Waals surface area contributed by atoms with E-state index in [1.165, 1.54) is 20.3 Å². The first kappa shape index (κ1) is 15.5. The lowest BCUT2D eigenvalue weighted by atomic mass is 10.0. The molecule has 3 rings (SSSR count). The minimum Gasteiger partial charge on any atom is -0.492 e. The quantitative estimate of drug-likeness (QED) is 0.861. The highest BCUT2D eigenvalue weighted by Crippen LogP contribution is 2.52. The zero-order chi connectivity index (χ0) is 16.8. The van der Waals surface area contributed by atoms with Gasteiger partial charge in [-0.25, -0.2) is 4.79 Å². The largest absolute Gasteiger partial charge is 0.492 e. The predicted molar refractivity (Wildman–Crippen MR) is 81.8 cm³/mol. The fourth-order valence-electron chi connectivity index (χ4n) is 2.51. The van der Waals surface area contributed by atoms with Crippen LogP contribution >= 0.6 is 0 Å². The van der Waals surface area contributed by atoms with Crippen molar-refractivity contribution in [2.75, 3.05) is 20.8 Å². The van der Waals surface area contributed by atoms with Gasteiger partial charge in [0.2, 0.25) is 17.2 Å². The van der Waals surface area contributed by atoms with Crippen LogP contribution in [0.2, 0.25) is 0 Å². The predicted octanol–water partition coefficient (Wildman–Crippen LogP) is 1.72. The Kier molecular flexibility index (Phi) is 3.60. The van der Waals surface area contributed by atoms with Crippen LogP contribution < -0.4 is 24.6 Å². The van der Waals surface area contributed by atoms with E-state index in [4.69, 9.17) is 23.4 Å². The van der Waals surface area contributed by atoms with Gasteiger partial charge in [-0.3, -0.25) is 0 Å². The number of hydrogen-bond donors (Lipinski definition) is 1. The monoisotopic (exact) mass is 322 g/mol. The van der Waals surface area contributed by atoms with Gasteiger partial charge in [-0.15, -0.1) is 0 Å². The van der Waals surface area contributed by atoms with E-state index in [0.29, 0.717) is 16.9 Å². The Labute approximate surface area is 132 Å². The molecule has 0 spiro atoms. The zero-order valence-electron chi connectivity index (χ0n) is 13.3. The number of benzene rings is 1. The van der Waals surface area contributed by atoms with Gasteiger partial charge >= 0.3 is 5.63 Å². The summed E-state index contributed by atoms with van der Waals surface area (Å²) >= 11 is 0. The second-order valence-corrected chi connectivity index (χ2v) is 5.79. The standard InChI is InChI=1S/C16H18O7/c1-16(2,18)9-7-21-14-13(20-4)11(19-3)8-5-6-10(17)23-12(8)15(14)22-9/h5-6,9,18H,7H2,1-4H3. The maximum atomic E-state index is 11.6. The number of fused-ring (bicyclic) bond motifs is 3. The molecule has 1 aliphatic heterocycles. The van der Waals surface area contributed by atoms with Crippen LogP contribution in [0.3, 0.4) is 0 Å². The van der Waals surface area contributed by atoms with E-state index < -0.39 is 17.3 Å². The van der Waals surface area contributed by atoms with E-state index >= 15 is 0 Å². The lowest BCUT2D eigenvalue weighted by molar-refractivity contribution is -0.0655. The van der Waals surface area contributed by atoms with Crippen LogP contribution in [0.25, 0.3) is 11.0 Å². The Morgan fingerprint density at radius 3 is 2.48 bits per heavy atom. The molecule has 0 fully saturated rings. The third-order valence-electron chi connectivity index (χ3n) is 3.74. The van der Waals surface area contributed by atoms with Crippen LogP contribution in [0.4, 0.5) is 0 Å². The fourth-order valence-corrected chi connectivity index (χ4v) is 2.51. The normalized spacial score (nSPS) is 17.2. The zero-order valence-corrected chi connectivity index (χ0v) is 13.3. The summed E-state index contributed by atoms with van der Waals surface area (Å²) < 4.78 is 27.6. The molecule has 1 aromatic carbocycles. The molecular formula is C16H18O7. The maximum absolute atomic E-state index is 11.6. The van der Waals surface area contributed by atoms with Crippen molar-refractivity contribution in [1.29, 1.82) is 0 Å². The highest BCUT2D eigenvalue weighted by molar-refractivity contribution is 5.94. The van der Waals surface area contributed by atoms with Crippen molar-refractivity contribution in [3.63, 3.8) is 0 Å². The van der Waals surface area contributed by atoms with Gasteiger partial charge < -0.3 is 28.5 Å². The van der Waals surface area contributed by atoms with Gasteiger partial charge in [0.15, 0.2) is 17.4 Å². The van der Waals surface area contributed by atoms with Gasteiger partial charge in [0.05, 0.1) is 25.2 Å². The summed E-state index contributed by atoms with van der Waals surface area (Å²) in [5, 5.41) is 10.7. The maximum Gasteiger partial charge on any atom is 0.336 e. The minimum atomic E-state index is -1.13. The molecule has 23 heavy (non-hydrogen) atoms. The Morgan fingerprint density at radius 2 is 1.87 bits per heavy atom. The van der Waals surface area contributed by atoms with Crippen molar-refractivity contribution in [3.05, 3.63) is 22.6 Å². The van der Waals surface area contributed by atoms with Crippen LogP contribution in [0.1, 0.15) is 13.8 Å². The Morgan fingerprint density at radius 1 is 1.17 bits per heavy atom. The summed E-state index contributed by atoms with van der Waals surface area (Å²) in [7, 11) is 2.96. The molecule has 0 bridgehead atoms. The highest BCUT2D eigenvalue weighted by atomic mass is 16.6. The molecule has 1 N–H and O–H groups in total. The molecule has 1 unspecified atom stereocenters. The summed E-state index contributed by atoms with van der Waals surface area (Å²) in [6.07, 6.45) is -0.623.